The van der Waals surface area contributed by atoms with Crippen molar-refractivity contribution in [3.8, 4) is 11.5 Å². The summed E-state index contributed by atoms with van der Waals surface area (Å²) >= 11 is 0. The third-order valence-corrected chi connectivity index (χ3v) is 6.88. The van der Waals surface area contributed by atoms with Crippen LogP contribution in [0.25, 0.3) is 6.08 Å². The van der Waals surface area contributed by atoms with E-state index in [-0.39, 0.29) is 41.8 Å². The van der Waals surface area contributed by atoms with Crippen molar-refractivity contribution < 1.29 is 61.4 Å². The number of ether oxygens (including phenoxy) is 6. The topological polar surface area (TPSA) is 130 Å². The minimum Gasteiger partial charge on any atom is -0.484 e. The second-order valence-corrected chi connectivity index (χ2v) is 11.1. The first kappa shape index (κ1) is 36.6. The van der Waals surface area contributed by atoms with E-state index in [9.17, 15) is 33.0 Å². The van der Waals surface area contributed by atoms with Gasteiger partial charge in [0, 0.05) is 13.2 Å². The molecule has 0 amide bonds. The van der Waals surface area contributed by atoms with Crippen LogP contribution in [0, 0.1) is 5.92 Å². The largest absolute Gasteiger partial charge is 0.484 e. The van der Waals surface area contributed by atoms with Crippen LogP contribution in [0.2, 0.25) is 0 Å². The molecule has 2 N–H and O–H groups in total. The third kappa shape index (κ3) is 10.9. The first-order valence-electron chi connectivity index (χ1n) is 14.5. The minimum absolute atomic E-state index is 0.00529. The zero-order valence-corrected chi connectivity index (χ0v) is 26.2. The average Bonchev–Trinajstić information content (AvgIpc) is 3.30. The van der Waals surface area contributed by atoms with Gasteiger partial charge in [-0.1, -0.05) is 43.4 Å². The van der Waals surface area contributed by atoms with Crippen LogP contribution in [0.1, 0.15) is 60.4 Å². The maximum atomic E-state index is 13.0. The molecular weight excluding hydrogens is 613 g/mol. The van der Waals surface area contributed by atoms with Gasteiger partial charge in [-0.3, -0.25) is 0 Å². The SMILES string of the molecule is COCOc1cc(OCC(F)(F)F)cc(/C=C/C[C@@H]2OC(C)(C)O[C@@H]2C(/C=C\[C@@H](C)[C@H](C)O)OC(=O)c2ccccc2)c1C(=O)O. The number of hydrogen-bond acceptors (Lipinski definition) is 9. The van der Waals surface area contributed by atoms with Crippen molar-refractivity contribution in [2.24, 2.45) is 5.92 Å². The Morgan fingerprint density at radius 1 is 1.07 bits per heavy atom. The van der Waals surface area contributed by atoms with Crippen molar-refractivity contribution in [1.82, 2.24) is 0 Å². The van der Waals surface area contributed by atoms with Crippen LogP contribution in [-0.4, -0.2) is 79.0 Å². The van der Waals surface area contributed by atoms with E-state index >= 15 is 0 Å². The summed E-state index contributed by atoms with van der Waals surface area (Å²) in [4.78, 5) is 25.2. The minimum atomic E-state index is -4.63. The molecule has 0 aromatic heterocycles. The van der Waals surface area contributed by atoms with Gasteiger partial charge in [-0.05, 0) is 62.9 Å². The molecule has 46 heavy (non-hydrogen) atoms. The van der Waals surface area contributed by atoms with Crippen molar-refractivity contribution in [3.63, 3.8) is 0 Å². The number of carboxylic acids is 1. The summed E-state index contributed by atoms with van der Waals surface area (Å²) in [6, 6.07) is 10.6. The summed E-state index contributed by atoms with van der Waals surface area (Å²) < 4.78 is 71.7. The monoisotopic (exact) mass is 652 g/mol. The highest BCUT2D eigenvalue weighted by Gasteiger charge is 2.45. The summed E-state index contributed by atoms with van der Waals surface area (Å²) in [5.74, 6) is -3.88. The summed E-state index contributed by atoms with van der Waals surface area (Å²) in [6.07, 6.45) is -1.37. The van der Waals surface area contributed by atoms with Gasteiger partial charge >= 0.3 is 18.1 Å². The van der Waals surface area contributed by atoms with Crippen molar-refractivity contribution in [3.05, 3.63) is 77.4 Å². The molecule has 1 aliphatic heterocycles. The van der Waals surface area contributed by atoms with E-state index in [1.807, 2.05) is 0 Å². The quantitative estimate of drug-likeness (QED) is 0.134. The normalized spacial score (nSPS) is 20.0. The van der Waals surface area contributed by atoms with E-state index < -0.39 is 54.9 Å². The zero-order chi connectivity index (χ0) is 34.1. The number of methoxy groups -OCH3 is 1. The Labute approximate surface area is 265 Å². The molecular formula is C33H39F3O10. The van der Waals surface area contributed by atoms with Crippen LogP contribution in [-0.2, 0) is 18.9 Å². The van der Waals surface area contributed by atoms with E-state index in [1.165, 1.54) is 13.2 Å². The van der Waals surface area contributed by atoms with Gasteiger partial charge in [0.25, 0.3) is 0 Å². The van der Waals surface area contributed by atoms with Gasteiger partial charge in [-0.25, -0.2) is 9.59 Å². The summed E-state index contributed by atoms with van der Waals surface area (Å²) in [5, 5.41) is 19.9. The Kier molecular flexibility index (Phi) is 12.8. The number of aliphatic hydroxyl groups excluding tert-OH is 1. The van der Waals surface area contributed by atoms with E-state index in [1.54, 1.807) is 76.3 Å². The molecule has 1 aliphatic rings. The van der Waals surface area contributed by atoms with E-state index in [0.717, 1.165) is 12.1 Å². The van der Waals surface area contributed by atoms with Gasteiger partial charge in [0.15, 0.2) is 19.2 Å². The second-order valence-electron chi connectivity index (χ2n) is 11.1. The highest BCUT2D eigenvalue weighted by molar-refractivity contribution is 5.95. The molecule has 1 unspecified atom stereocenters. The lowest BCUT2D eigenvalue weighted by atomic mass is 9.99. The fourth-order valence-electron chi connectivity index (χ4n) is 4.54. The highest BCUT2D eigenvalue weighted by Crippen LogP contribution is 2.35. The van der Waals surface area contributed by atoms with Crippen molar-refractivity contribution in [2.75, 3.05) is 20.5 Å². The number of aliphatic hydroxyl groups is 1. The number of esters is 1. The number of alkyl halides is 3. The molecule has 0 bridgehead atoms. The molecule has 0 aliphatic carbocycles. The van der Waals surface area contributed by atoms with Crippen LogP contribution < -0.4 is 9.47 Å². The Hall–Kier alpha value is -3.91. The zero-order valence-electron chi connectivity index (χ0n) is 26.2. The average molecular weight is 653 g/mol. The van der Waals surface area contributed by atoms with Crippen molar-refractivity contribution in [1.29, 1.82) is 0 Å². The molecule has 0 radical (unpaired) electrons. The molecule has 0 spiro atoms. The van der Waals surface area contributed by atoms with E-state index in [2.05, 4.69) is 0 Å². The van der Waals surface area contributed by atoms with Crippen LogP contribution >= 0.6 is 0 Å². The number of hydrogen-bond donors (Lipinski definition) is 2. The Morgan fingerprint density at radius 3 is 2.37 bits per heavy atom. The van der Waals surface area contributed by atoms with Crippen LogP contribution in [0.3, 0.4) is 0 Å². The van der Waals surface area contributed by atoms with Gasteiger partial charge < -0.3 is 38.6 Å². The molecule has 2 aromatic rings. The van der Waals surface area contributed by atoms with Crippen molar-refractivity contribution in [2.45, 2.75) is 70.5 Å². The third-order valence-electron chi connectivity index (χ3n) is 6.88. The first-order valence-corrected chi connectivity index (χ1v) is 14.5. The maximum absolute atomic E-state index is 13.0. The van der Waals surface area contributed by atoms with E-state index in [4.69, 9.17) is 28.4 Å². The predicted octanol–water partition coefficient (Wildman–Crippen LogP) is 6.03. The highest BCUT2D eigenvalue weighted by atomic mass is 19.4. The lowest BCUT2D eigenvalue weighted by molar-refractivity contribution is -0.153. The second kappa shape index (κ2) is 16.1. The molecule has 1 fully saturated rings. The van der Waals surface area contributed by atoms with Gasteiger partial charge in [-0.15, -0.1) is 0 Å². The van der Waals surface area contributed by atoms with Gasteiger partial charge in [0.05, 0.1) is 17.8 Å². The molecule has 252 valence electrons. The summed E-state index contributed by atoms with van der Waals surface area (Å²) in [7, 11) is 1.30. The molecule has 10 nitrogen and oxygen atoms in total. The van der Waals surface area contributed by atoms with Gasteiger partial charge in [0.1, 0.15) is 29.3 Å². The predicted molar refractivity (Wildman–Crippen MR) is 161 cm³/mol. The number of carbonyl (C=O) groups excluding carboxylic acids is 1. The smallest absolute Gasteiger partial charge is 0.422 e. The Balaban J connectivity index is 1.94. The lowest BCUT2D eigenvalue weighted by Crippen LogP contribution is -2.37. The van der Waals surface area contributed by atoms with Gasteiger partial charge in [0.2, 0.25) is 0 Å². The van der Waals surface area contributed by atoms with Crippen LogP contribution in [0.15, 0.2) is 60.7 Å². The molecule has 1 saturated heterocycles. The lowest BCUT2D eigenvalue weighted by Gasteiger charge is -2.25. The fraction of sp³-hybridized carbons (Fsp3) is 0.455. The number of carbonyl (C=O) groups is 2. The van der Waals surface area contributed by atoms with Gasteiger partial charge in [-0.2, -0.15) is 13.2 Å². The summed E-state index contributed by atoms with van der Waals surface area (Å²) in [5.41, 5.74) is 0.00275. The maximum Gasteiger partial charge on any atom is 0.422 e. The molecule has 2 aromatic carbocycles. The molecule has 0 saturated carbocycles. The number of halogens is 3. The first-order chi connectivity index (χ1) is 21.6. The Bertz CT molecular complexity index is 1370. The van der Waals surface area contributed by atoms with E-state index in [0.29, 0.717) is 5.56 Å². The molecule has 13 heteroatoms. The fourth-order valence-corrected chi connectivity index (χ4v) is 4.54. The Morgan fingerprint density at radius 2 is 1.76 bits per heavy atom. The van der Waals surface area contributed by atoms with Crippen LogP contribution in [0.5, 0.6) is 11.5 Å². The van der Waals surface area contributed by atoms with Crippen molar-refractivity contribution >= 4 is 18.0 Å². The molecule has 1 heterocycles. The number of aromatic carboxylic acids is 1. The number of benzene rings is 2. The summed E-state index contributed by atoms with van der Waals surface area (Å²) in [6.45, 7) is 4.84. The van der Waals surface area contributed by atoms with Crippen LogP contribution in [0.4, 0.5) is 13.2 Å². The standard InChI is InChI=1S/C33H39F3O10/c1-20(21(2)37)14-15-25(44-31(40)22-10-7-6-8-11-22)29-26(45-32(3,4)46-29)13-9-12-23-16-24(42-18-33(34,35)36)17-27(43-19-41-5)28(23)30(38)39/h6-12,14-17,20-21,25-26,29,37H,13,18-19H2,1-5H3,(H,38,39)/b12-9+,15-14-/t20-,21+,25?,26+,29-/m1/s1. The number of carboxylic acid groups (broad SMARTS) is 1. The number of rotatable bonds is 15. The molecule has 3 rings (SSSR count). The molecule has 5 atom stereocenters.